The van der Waals surface area contributed by atoms with Gasteiger partial charge in [-0.05, 0) is 47.1 Å². The molecule has 238 valence electrons. The van der Waals surface area contributed by atoms with E-state index in [-0.39, 0.29) is 44.6 Å². The van der Waals surface area contributed by atoms with Gasteiger partial charge in [0.2, 0.25) is 11.8 Å². The van der Waals surface area contributed by atoms with Gasteiger partial charge < -0.3 is 15.3 Å². The number of carbonyl (C=O) groups is 3. The predicted molar refractivity (Wildman–Crippen MR) is 168 cm³/mol. The van der Waals surface area contributed by atoms with Crippen LogP contribution in [0.4, 0.5) is 20.2 Å². The smallest absolute Gasteiger partial charge is 0.306 e. The lowest BCUT2D eigenvalue weighted by Crippen LogP contribution is -2.57. The van der Waals surface area contributed by atoms with Crippen LogP contribution in [-0.2, 0) is 19.9 Å². The van der Waals surface area contributed by atoms with Crippen molar-refractivity contribution < 1.29 is 28.3 Å². The van der Waals surface area contributed by atoms with Gasteiger partial charge in [0.1, 0.15) is 5.54 Å². The predicted octanol–water partition coefficient (Wildman–Crippen LogP) is 7.98. The first-order valence-electron chi connectivity index (χ1n) is 14.2. The molecule has 1 saturated carbocycles. The molecule has 5 rings (SSSR count). The molecule has 44 heavy (non-hydrogen) atoms. The van der Waals surface area contributed by atoms with Crippen molar-refractivity contribution in [2.75, 3.05) is 23.3 Å². The molecule has 2 N–H and O–H groups in total. The summed E-state index contributed by atoms with van der Waals surface area (Å²) < 4.78 is 30.8. The van der Waals surface area contributed by atoms with Gasteiger partial charge >= 0.3 is 5.97 Å². The summed E-state index contributed by atoms with van der Waals surface area (Å²) in [5, 5.41) is 13.3. The van der Waals surface area contributed by atoms with Gasteiger partial charge in [0.05, 0.1) is 29.6 Å². The van der Waals surface area contributed by atoms with Crippen LogP contribution < -0.4 is 10.2 Å². The molecule has 0 aromatic heterocycles. The lowest BCUT2D eigenvalue weighted by atomic mass is 9.83. The summed E-state index contributed by atoms with van der Waals surface area (Å²) in [7, 11) is 0. The standard InChI is InChI=1S/C31H33Cl4F2N3O4/c1-15(26(43)39(13-23-28(2,3)29(23,4)5)19-7-16(32)6-17(33)8-19)22-11-30(36,37)14-40(22)31(12-24(41)42)20-9-18(34)10-21(35)25(20)38-27(31)44/h6-10,15,22-23H,11-14H2,1-5H3,(H,38,44)(H,41,42)/t15-,22-,31-/m1/s1. The Balaban J connectivity index is 1.60. The van der Waals surface area contributed by atoms with Crippen LogP contribution in [0.3, 0.4) is 0 Å². The summed E-state index contributed by atoms with van der Waals surface area (Å²) in [6.45, 7) is 9.28. The number of nitrogens with zero attached hydrogens (tertiary/aromatic N) is 2. The van der Waals surface area contributed by atoms with Gasteiger partial charge in [0.25, 0.3) is 5.92 Å². The molecule has 1 saturated heterocycles. The Morgan fingerprint density at radius 1 is 1.02 bits per heavy atom. The van der Waals surface area contributed by atoms with E-state index in [0.717, 1.165) is 4.90 Å². The number of aliphatic carboxylic acids is 1. The van der Waals surface area contributed by atoms with E-state index >= 15 is 8.78 Å². The first-order chi connectivity index (χ1) is 20.2. The quantitative estimate of drug-likeness (QED) is 0.293. The third-order valence-electron chi connectivity index (χ3n) is 10.4. The number of hydrogen-bond acceptors (Lipinski definition) is 4. The summed E-state index contributed by atoms with van der Waals surface area (Å²) in [5.74, 6) is -7.08. The van der Waals surface area contributed by atoms with Crippen molar-refractivity contribution in [1.29, 1.82) is 0 Å². The van der Waals surface area contributed by atoms with Crippen LogP contribution >= 0.6 is 46.4 Å². The van der Waals surface area contributed by atoms with Crippen molar-refractivity contribution in [3.63, 3.8) is 0 Å². The molecule has 1 aliphatic carbocycles. The number of fused-ring (bicyclic) bond motifs is 1. The van der Waals surface area contributed by atoms with Gasteiger partial charge in [-0.25, -0.2) is 8.78 Å². The number of carbonyl (C=O) groups excluding carboxylic acids is 2. The van der Waals surface area contributed by atoms with E-state index in [1.54, 1.807) is 12.1 Å². The molecule has 0 bridgehead atoms. The van der Waals surface area contributed by atoms with Crippen molar-refractivity contribution in [2.45, 2.75) is 65.0 Å². The number of benzene rings is 2. The molecule has 2 aromatic rings. The van der Waals surface area contributed by atoms with Crippen molar-refractivity contribution >= 4 is 75.6 Å². The number of hydrogen-bond donors (Lipinski definition) is 2. The van der Waals surface area contributed by atoms with Crippen LogP contribution in [0, 0.1) is 22.7 Å². The lowest BCUT2D eigenvalue weighted by Gasteiger charge is -2.42. The molecule has 0 radical (unpaired) electrons. The highest BCUT2D eigenvalue weighted by Gasteiger charge is 2.66. The van der Waals surface area contributed by atoms with E-state index in [0.29, 0.717) is 15.7 Å². The van der Waals surface area contributed by atoms with Crippen LogP contribution in [0.1, 0.15) is 53.0 Å². The fourth-order valence-electron chi connectivity index (χ4n) is 7.26. The van der Waals surface area contributed by atoms with Gasteiger partial charge in [-0.1, -0.05) is 81.0 Å². The number of rotatable bonds is 8. The van der Waals surface area contributed by atoms with E-state index < -0.39 is 60.6 Å². The third-order valence-corrected chi connectivity index (χ3v) is 11.4. The van der Waals surface area contributed by atoms with Crippen LogP contribution in [0.2, 0.25) is 20.1 Å². The molecule has 2 heterocycles. The van der Waals surface area contributed by atoms with E-state index in [2.05, 4.69) is 33.0 Å². The Bertz CT molecular complexity index is 1530. The minimum atomic E-state index is -3.33. The normalized spacial score (nSPS) is 25.8. The Morgan fingerprint density at radius 2 is 1.59 bits per heavy atom. The topological polar surface area (TPSA) is 90.0 Å². The molecular weight excluding hydrogens is 658 g/mol. The maximum atomic E-state index is 15.4. The highest BCUT2D eigenvalue weighted by molar-refractivity contribution is 6.38. The van der Waals surface area contributed by atoms with Gasteiger partial charge in [-0.3, -0.25) is 19.3 Å². The Labute approximate surface area is 274 Å². The molecule has 0 unspecified atom stereocenters. The fraction of sp³-hybridized carbons (Fsp3) is 0.516. The number of carboxylic acids is 1. The Morgan fingerprint density at radius 3 is 2.14 bits per heavy atom. The monoisotopic (exact) mass is 689 g/mol. The number of alkyl halides is 2. The summed E-state index contributed by atoms with van der Waals surface area (Å²) in [6, 6.07) is 6.22. The first kappa shape index (κ1) is 33.2. The molecule has 3 aliphatic rings. The molecule has 7 nitrogen and oxygen atoms in total. The molecule has 2 amide bonds. The SMILES string of the molecule is C[C@@H](C(=O)N(CC1C(C)(C)C1(C)C)c1cc(Cl)cc(Cl)c1)[C@H]1CC(F)(F)CN1[C@@]1(CC(=O)O)C(=O)Nc2c(Cl)cc(Cl)cc21. The zero-order chi connectivity index (χ0) is 32.7. The second-order valence-corrected chi connectivity index (χ2v) is 15.0. The average molecular weight is 691 g/mol. The number of nitrogens with one attached hydrogen (secondary N) is 1. The van der Waals surface area contributed by atoms with Crippen LogP contribution in [0.25, 0.3) is 0 Å². The van der Waals surface area contributed by atoms with E-state index in [9.17, 15) is 19.5 Å². The van der Waals surface area contributed by atoms with E-state index in [4.69, 9.17) is 46.4 Å². The molecule has 13 heteroatoms. The average Bonchev–Trinajstić information content (AvgIpc) is 3.14. The van der Waals surface area contributed by atoms with Crippen molar-refractivity contribution in [2.24, 2.45) is 22.7 Å². The lowest BCUT2D eigenvalue weighted by molar-refractivity contribution is -0.147. The fourth-order valence-corrected chi connectivity index (χ4v) is 8.31. The van der Waals surface area contributed by atoms with E-state index in [1.165, 1.54) is 30.0 Å². The summed E-state index contributed by atoms with van der Waals surface area (Å²) in [6.07, 6.45) is -1.63. The van der Waals surface area contributed by atoms with Crippen LogP contribution in [0.15, 0.2) is 30.3 Å². The van der Waals surface area contributed by atoms with Gasteiger partial charge in [0, 0.05) is 45.3 Å². The number of likely N-dealkylation sites (tertiary alicyclic amines) is 1. The van der Waals surface area contributed by atoms with Crippen LogP contribution in [0.5, 0.6) is 0 Å². The van der Waals surface area contributed by atoms with Crippen molar-refractivity contribution in [1.82, 2.24) is 4.90 Å². The number of halogens is 6. The maximum absolute atomic E-state index is 15.4. The van der Waals surface area contributed by atoms with Gasteiger partial charge in [-0.2, -0.15) is 0 Å². The zero-order valence-electron chi connectivity index (χ0n) is 24.8. The van der Waals surface area contributed by atoms with Crippen LogP contribution in [-0.4, -0.2) is 52.8 Å². The third kappa shape index (κ3) is 5.36. The highest BCUT2D eigenvalue weighted by atomic mass is 35.5. The number of carboxylic acid groups (broad SMARTS) is 1. The second kappa shape index (κ2) is 11.0. The Hall–Kier alpha value is -2.17. The minimum absolute atomic E-state index is 0.0402. The molecular formula is C31H33Cl4F2N3O4. The summed E-state index contributed by atoms with van der Waals surface area (Å²) >= 11 is 25.3. The van der Waals surface area contributed by atoms with Crippen molar-refractivity contribution in [3.05, 3.63) is 56.0 Å². The van der Waals surface area contributed by atoms with Gasteiger partial charge in [0.15, 0.2) is 0 Å². The second-order valence-electron chi connectivity index (χ2n) is 13.3. The largest absolute Gasteiger partial charge is 0.481 e. The first-order valence-corrected chi connectivity index (χ1v) is 15.7. The number of anilines is 2. The molecule has 0 spiro atoms. The van der Waals surface area contributed by atoms with Crippen molar-refractivity contribution in [3.8, 4) is 0 Å². The van der Waals surface area contributed by atoms with Gasteiger partial charge in [-0.15, -0.1) is 0 Å². The molecule has 3 atom stereocenters. The minimum Gasteiger partial charge on any atom is -0.481 e. The summed E-state index contributed by atoms with van der Waals surface area (Å²) in [4.78, 5) is 43.2. The summed E-state index contributed by atoms with van der Waals surface area (Å²) in [5.41, 5.74) is -1.73. The molecule has 2 fully saturated rings. The zero-order valence-corrected chi connectivity index (χ0v) is 27.8. The highest BCUT2D eigenvalue weighted by Crippen LogP contribution is 2.68. The Kier molecular flexibility index (Phi) is 8.28. The number of amides is 2. The van der Waals surface area contributed by atoms with E-state index in [1.807, 2.05) is 0 Å². The molecule has 2 aromatic carbocycles. The molecule has 2 aliphatic heterocycles. The maximum Gasteiger partial charge on any atom is 0.306 e.